The number of methoxy groups -OCH3 is 1. The smallest absolute Gasteiger partial charge is 0.264 e. The molecule has 1 aromatic heterocycles. The molecular weight excluding hydrogens is 367 g/mol. The largest absolute Gasteiger partial charge is 0.496 e. The second-order valence-corrected chi connectivity index (χ2v) is 7.37. The van der Waals surface area contributed by atoms with Crippen LogP contribution in [0.3, 0.4) is 0 Å². The molecule has 0 bridgehead atoms. The third kappa shape index (κ3) is 3.65. The molecule has 1 aliphatic rings. The van der Waals surface area contributed by atoms with E-state index in [1.54, 1.807) is 4.90 Å². The number of anilines is 1. The van der Waals surface area contributed by atoms with Crippen LogP contribution in [-0.2, 0) is 4.74 Å². The highest BCUT2D eigenvalue weighted by molar-refractivity contribution is 7.22. The van der Waals surface area contributed by atoms with Crippen LogP contribution >= 0.6 is 11.3 Å². The molecule has 3 aromatic rings. The van der Waals surface area contributed by atoms with Crippen LogP contribution in [0.5, 0.6) is 5.75 Å². The first-order chi connectivity index (χ1) is 13.2. The van der Waals surface area contributed by atoms with Gasteiger partial charge in [0.25, 0.3) is 5.91 Å². The van der Waals surface area contributed by atoms with E-state index in [-0.39, 0.29) is 17.6 Å². The minimum Gasteiger partial charge on any atom is -0.496 e. The van der Waals surface area contributed by atoms with Crippen LogP contribution in [0.2, 0.25) is 0 Å². The fourth-order valence-corrected chi connectivity index (χ4v) is 4.18. The van der Waals surface area contributed by atoms with Gasteiger partial charge in [0.15, 0.2) is 5.13 Å². The topological polar surface area (TPSA) is 51.7 Å². The number of halogens is 1. The van der Waals surface area contributed by atoms with Gasteiger partial charge in [-0.3, -0.25) is 9.69 Å². The summed E-state index contributed by atoms with van der Waals surface area (Å²) in [6.07, 6.45) is 1.80. The summed E-state index contributed by atoms with van der Waals surface area (Å²) in [6.45, 7) is 1.06. The van der Waals surface area contributed by atoms with Gasteiger partial charge < -0.3 is 9.47 Å². The molecule has 4 rings (SSSR count). The van der Waals surface area contributed by atoms with E-state index < -0.39 is 5.82 Å². The zero-order valence-corrected chi connectivity index (χ0v) is 15.7. The standard InChI is InChI=1S/C20H19FN2O3S/c1-25-17-9-8-13(21)11-15(17)19(24)23(12-14-5-4-10-26-14)20-22-16-6-2-3-7-18(16)27-20/h2-3,6-9,11,14H,4-5,10,12H2,1H3. The van der Waals surface area contributed by atoms with Crippen LogP contribution in [0.15, 0.2) is 42.5 Å². The number of rotatable bonds is 5. The maximum Gasteiger partial charge on any atom is 0.264 e. The molecular formula is C20H19FN2O3S. The number of carbonyl (C=O) groups is 1. The van der Waals surface area contributed by atoms with Crippen molar-refractivity contribution in [2.75, 3.05) is 25.2 Å². The first-order valence-corrected chi connectivity index (χ1v) is 9.60. The minimum absolute atomic E-state index is 0.0551. The van der Waals surface area contributed by atoms with E-state index in [0.29, 0.717) is 24.0 Å². The van der Waals surface area contributed by atoms with Crippen LogP contribution in [0.25, 0.3) is 10.2 Å². The molecule has 0 radical (unpaired) electrons. The molecule has 140 valence electrons. The van der Waals surface area contributed by atoms with Crippen molar-refractivity contribution in [3.8, 4) is 5.75 Å². The molecule has 7 heteroatoms. The van der Waals surface area contributed by atoms with E-state index in [1.807, 2.05) is 24.3 Å². The molecule has 27 heavy (non-hydrogen) atoms. The average Bonchev–Trinajstić information content (AvgIpc) is 3.34. The summed E-state index contributed by atoms with van der Waals surface area (Å²) in [7, 11) is 1.46. The van der Waals surface area contributed by atoms with E-state index in [0.717, 1.165) is 23.1 Å². The van der Waals surface area contributed by atoms with Gasteiger partial charge in [-0.15, -0.1) is 0 Å². The summed E-state index contributed by atoms with van der Waals surface area (Å²) in [5.41, 5.74) is 1.00. The van der Waals surface area contributed by atoms with Gasteiger partial charge in [-0.2, -0.15) is 0 Å². The highest BCUT2D eigenvalue weighted by Crippen LogP contribution is 2.32. The zero-order valence-electron chi connectivity index (χ0n) is 14.9. The lowest BCUT2D eigenvalue weighted by atomic mass is 10.1. The number of para-hydroxylation sites is 1. The molecule has 1 unspecified atom stereocenters. The summed E-state index contributed by atoms with van der Waals surface area (Å²) >= 11 is 1.43. The fourth-order valence-electron chi connectivity index (χ4n) is 3.21. The Kier molecular flexibility index (Phi) is 5.05. The lowest BCUT2D eigenvalue weighted by molar-refractivity contribution is 0.0914. The Balaban J connectivity index is 1.75. The number of ether oxygens (including phenoxy) is 2. The van der Waals surface area contributed by atoms with Crippen molar-refractivity contribution in [1.29, 1.82) is 0 Å². The van der Waals surface area contributed by atoms with Crippen molar-refractivity contribution in [2.45, 2.75) is 18.9 Å². The molecule has 1 amide bonds. The van der Waals surface area contributed by atoms with E-state index in [2.05, 4.69) is 4.98 Å². The maximum atomic E-state index is 13.8. The number of benzene rings is 2. The number of aromatic nitrogens is 1. The lowest BCUT2D eigenvalue weighted by Gasteiger charge is -2.23. The van der Waals surface area contributed by atoms with Gasteiger partial charge in [0.1, 0.15) is 11.6 Å². The van der Waals surface area contributed by atoms with Crippen LogP contribution in [0.4, 0.5) is 9.52 Å². The van der Waals surface area contributed by atoms with Crippen LogP contribution in [-0.4, -0.2) is 37.3 Å². The van der Waals surface area contributed by atoms with Crippen LogP contribution in [0, 0.1) is 5.82 Å². The highest BCUT2D eigenvalue weighted by atomic mass is 32.1. The molecule has 2 aromatic carbocycles. The van der Waals surface area contributed by atoms with Gasteiger partial charge in [0, 0.05) is 6.61 Å². The van der Waals surface area contributed by atoms with Gasteiger partial charge in [0.2, 0.25) is 0 Å². The fraction of sp³-hybridized carbons (Fsp3) is 0.300. The Hall–Kier alpha value is -2.51. The summed E-state index contributed by atoms with van der Waals surface area (Å²) in [4.78, 5) is 19.5. The molecule has 1 fully saturated rings. The van der Waals surface area contributed by atoms with Crippen molar-refractivity contribution < 1.29 is 18.7 Å². The second-order valence-electron chi connectivity index (χ2n) is 6.36. The molecule has 0 aliphatic carbocycles. The van der Waals surface area contributed by atoms with Gasteiger partial charge in [-0.1, -0.05) is 23.5 Å². The molecule has 2 heterocycles. The first-order valence-electron chi connectivity index (χ1n) is 8.78. The zero-order chi connectivity index (χ0) is 18.8. The normalized spacial score (nSPS) is 16.6. The van der Waals surface area contributed by atoms with Crippen molar-refractivity contribution in [3.05, 3.63) is 53.8 Å². The van der Waals surface area contributed by atoms with Crippen molar-refractivity contribution in [1.82, 2.24) is 4.98 Å². The summed E-state index contributed by atoms with van der Waals surface area (Å²) in [5, 5.41) is 0.572. The number of hydrogen-bond donors (Lipinski definition) is 0. The number of fused-ring (bicyclic) bond motifs is 1. The molecule has 1 aliphatic heterocycles. The van der Waals surface area contributed by atoms with Gasteiger partial charge >= 0.3 is 0 Å². The predicted molar refractivity (Wildman–Crippen MR) is 103 cm³/mol. The molecule has 1 saturated heterocycles. The van der Waals surface area contributed by atoms with E-state index in [9.17, 15) is 9.18 Å². The van der Waals surface area contributed by atoms with Gasteiger partial charge in [-0.05, 0) is 43.2 Å². The third-order valence-electron chi connectivity index (χ3n) is 4.56. The quantitative estimate of drug-likeness (QED) is 0.657. The Labute approximate surface area is 160 Å². The minimum atomic E-state index is -0.486. The Morgan fingerprint density at radius 1 is 1.37 bits per heavy atom. The van der Waals surface area contributed by atoms with Gasteiger partial charge in [-0.25, -0.2) is 9.37 Å². The summed E-state index contributed by atoms with van der Waals surface area (Å²) < 4.78 is 25.8. The molecule has 0 saturated carbocycles. The molecule has 5 nitrogen and oxygen atoms in total. The van der Waals surface area contributed by atoms with E-state index in [4.69, 9.17) is 9.47 Å². The van der Waals surface area contributed by atoms with E-state index >= 15 is 0 Å². The van der Waals surface area contributed by atoms with Crippen LogP contribution in [0.1, 0.15) is 23.2 Å². The summed E-state index contributed by atoms with van der Waals surface area (Å²) in [5.74, 6) is -0.499. The van der Waals surface area contributed by atoms with Crippen molar-refractivity contribution in [3.63, 3.8) is 0 Å². The number of thiazole rings is 1. The van der Waals surface area contributed by atoms with Crippen molar-refractivity contribution in [2.24, 2.45) is 0 Å². The number of hydrogen-bond acceptors (Lipinski definition) is 5. The molecule has 1 atom stereocenters. The maximum absolute atomic E-state index is 13.8. The molecule has 0 spiro atoms. The highest BCUT2D eigenvalue weighted by Gasteiger charge is 2.28. The third-order valence-corrected chi connectivity index (χ3v) is 5.62. The predicted octanol–water partition coefficient (Wildman–Crippen LogP) is 4.27. The van der Waals surface area contributed by atoms with E-state index in [1.165, 1.54) is 36.6 Å². The SMILES string of the molecule is COc1ccc(F)cc1C(=O)N(CC1CCCO1)c1nc2ccccc2s1. The Bertz CT molecular complexity index is 936. The van der Waals surface area contributed by atoms with Crippen molar-refractivity contribution >= 4 is 32.6 Å². The first kappa shape index (κ1) is 17.9. The number of carbonyl (C=O) groups excluding carboxylic acids is 1. The van der Waals surface area contributed by atoms with Crippen LogP contribution < -0.4 is 9.64 Å². The molecule has 0 N–H and O–H groups in total. The average molecular weight is 386 g/mol. The number of nitrogens with zero attached hydrogens (tertiary/aromatic N) is 2. The monoisotopic (exact) mass is 386 g/mol. The second kappa shape index (κ2) is 7.62. The number of amides is 1. The summed E-state index contributed by atoms with van der Waals surface area (Å²) in [6, 6.07) is 11.7. The van der Waals surface area contributed by atoms with Gasteiger partial charge in [0.05, 0.1) is 35.5 Å². The Morgan fingerprint density at radius 2 is 2.22 bits per heavy atom. The Morgan fingerprint density at radius 3 is 2.96 bits per heavy atom. The lowest BCUT2D eigenvalue weighted by Crippen LogP contribution is -2.37.